The lowest BCUT2D eigenvalue weighted by molar-refractivity contribution is -0.125. The zero-order valence-electron chi connectivity index (χ0n) is 10.2. The topological polar surface area (TPSA) is 55.1 Å². The highest BCUT2D eigenvalue weighted by atomic mass is 79.9. The van der Waals surface area contributed by atoms with E-state index in [0.717, 1.165) is 16.5 Å². The van der Waals surface area contributed by atoms with Gasteiger partial charge < -0.3 is 11.1 Å². The van der Waals surface area contributed by atoms with Gasteiger partial charge in [-0.2, -0.15) is 0 Å². The first kappa shape index (κ1) is 14.2. The zero-order chi connectivity index (χ0) is 12.8. The van der Waals surface area contributed by atoms with Crippen molar-refractivity contribution in [2.24, 2.45) is 11.7 Å². The summed E-state index contributed by atoms with van der Waals surface area (Å²) in [5.41, 5.74) is 6.64. The second-order valence-corrected chi connectivity index (χ2v) is 5.04. The van der Waals surface area contributed by atoms with Crippen LogP contribution in [0.5, 0.6) is 0 Å². The number of nitrogens with two attached hydrogens (primary N) is 1. The Bertz CT molecular complexity index is 377. The van der Waals surface area contributed by atoms with Crippen molar-refractivity contribution in [3.63, 3.8) is 0 Å². The Morgan fingerprint density at radius 1 is 1.53 bits per heavy atom. The molecule has 0 heterocycles. The van der Waals surface area contributed by atoms with Gasteiger partial charge in [0.25, 0.3) is 0 Å². The molecule has 17 heavy (non-hydrogen) atoms. The number of halogens is 1. The summed E-state index contributed by atoms with van der Waals surface area (Å²) < 4.78 is 1.02. The fraction of sp³-hybridized carbons (Fsp3) is 0.462. The Morgan fingerprint density at radius 3 is 2.76 bits per heavy atom. The van der Waals surface area contributed by atoms with Gasteiger partial charge in [0.05, 0.1) is 6.04 Å². The van der Waals surface area contributed by atoms with Crippen molar-refractivity contribution in [3.05, 3.63) is 34.3 Å². The van der Waals surface area contributed by atoms with Gasteiger partial charge >= 0.3 is 0 Å². The average Bonchev–Trinajstić information content (AvgIpc) is 2.30. The second-order valence-electron chi connectivity index (χ2n) is 4.13. The molecule has 1 amide bonds. The molecule has 1 rings (SSSR count). The molecule has 0 aliphatic heterocycles. The van der Waals surface area contributed by atoms with E-state index in [9.17, 15) is 4.79 Å². The molecule has 1 aromatic carbocycles. The minimum absolute atomic E-state index is 0.000556. The lowest BCUT2D eigenvalue weighted by Gasteiger charge is -2.18. The van der Waals surface area contributed by atoms with Crippen LogP contribution in [0.15, 0.2) is 28.7 Å². The molecule has 0 radical (unpaired) electrons. The van der Waals surface area contributed by atoms with Crippen molar-refractivity contribution >= 4 is 21.8 Å². The predicted octanol–water partition coefficient (Wildman–Crippen LogP) is 2.61. The Balaban J connectivity index is 2.66. The molecule has 3 N–H and O–H groups in total. The van der Waals surface area contributed by atoms with Crippen LogP contribution in [0.25, 0.3) is 0 Å². The number of hydrogen-bond acceptors (Lipinski definition) is 2. The number of amides is 1. The molecule has 2 atom stereocenters. The van der Waals surface area contributed by atoms with Crippen LogP contribution in [0.1, 0.15) is 31.9 Å². The summed E-state index contributed by atoms with van der Waals surface area (Å²) >= 11 is 3.42. The van der Waals surface area contributed by atoms with E-state index in [-0.39, 0.29) is 17.9 Å². The quantitative estimate of drug-likeness (QED) is 0.878. The van der Waals surface area contributed by atoms with E-state index in [1.165, 1.54) is 0 Å². The van der Waals surface area contributed by atoms with Gasteiger partial charge in [-0.05, 0) is 31.0 Å². The highest BCUT2D eigenvalue weighted by Gasteiger charge is 2.17. The van der Waals surface area contributed by atoms with Crippen LogP contribution in [0, 0.1) is 5.92 Å². The first-order chi connectivity index (χ1) is 8.08. The standard InChI is InChI=1S/C13H19BrN2O/c1-3-10(8-15)13(17)16-9(2)11-5-4-6-12(14)7-11/h4-7,9-10H,3,8,15H2,1-2H3,(H,16,17)/t9-,10?/m1/s1. The first-order valence-electron chi connectivity index (χ1n) is 5.84. The number of carbonyl (C=O) groups excluding carboxylic acids is 1. The highest BCUT2D eigenvalue weighted by molar-refractivity contribution is 9.10. The lowest BCUT2D eigenvalue weighted by atomic mass is 10.0. The third kappa shape index (κ3) is 4.13. The third-order valence-electron chi connectivity index (χ3n) is 2.86. The fourth-order valence-electron chi connectivity index (χ4n) is 1.65. The van der Waals surface area contributed by atoms with Crippen LogP contribution in [0.2, 0.25) is 0 Å². The lowest BCUT2D eigenvalue weighted by Crippen LogP contribution is -2.36. The van der Waals surface area contributed by atoms with Crippen molar-refractivity contribution in [3.8, 4) is 0 Å². The summed E-state index contributed by atoms with van der Waals surface area (Å²) in [5.74, 6) is -0.0629. The average molecular weight is 299 g/mol. The highest BCUT2D eigenvalue weighted by Crippen LogP contribution is 2.18. The summed E-state index contributed by atoms with van der Waals surface area (Å²) in [7, 11) is 0. The van der Waals surface area contributed by atoms with Crippen LogP contribution < -0.4 is 11.1 Å². The van der Waals surface area contributed by atoms with Gasteiger partial charge in [0.15, 0.2) is 0 Å². The Kier molecular flexibility index (Phi) is 5.65. The molecule has 1 aromatic rings. The zero-order valence-corrected chi connectivity index (χ0v) is 11.8. The van der Waals surface area contributed by atoms with Gasteiger partial charge in [0.1, 0.15) is 0 Å². The summed E-state index contributed by atoms with van der Waals surface area (Å²) in [6.45, 7) is 4.34. The molecular weight excluding hydrogens is 280 g/mol. The maximum atomic E-state index is 11.9. The molecule has 94 valence electrons. The normalized spacial score (nSPS) is 14.1. The fourth-order valence-corrected chi connectivity index (χ4v) is 2.07. The molecule has 0 aliphatic rings. The van der Waals surface area contributed by atoms with E-state index in [1.807, 2.05) is 38.1 Å². The molecular formula is C13H19BrN2O. The van der Waals surface area contributed by atoms with Crippen molar-refractivity contribution in [1.29, 1.82) is 0 Å². The molecule has 0 aliphatic carbocycles. The summed E-state index contributed by atoms with van der Waals surface area (Å²) in [6, 6.07) is 7.93. The number of nitrogens with one attached hydrogen (secondary N) is 1. The van der Waals surface area contributed by atoms with E-state index in [2.05, 4.69) is 21.2 Å². The monoisotopic (exact) mass is 298 g/mol. The van der Waals surface area contributed by atoms with Crippen molar-refractivity contribution in [2.45, 2.75) is 26.3 Å². The molecule has 4 heteroatoms. The largest absolute Gasteiger partial charge is 0.349 e. The molecule has 0 aromatic heterocycles. The van der Waals surface area contributed by atoms with Crippen molar-refractivity contribution in [2.75, 3.05) is 6.54 Å². The van der Waals surface area contributed by atoms with Gasteiger partial charge in [-0.3, -0.25) is 4.79 Å². The van der Waals surface area contributed by atoms with Gasteiger partial charge in [-0.15, -0.1) is 0 Å². The molecule has 0 spiro atoms. The SMILES string of the molecule is CCC(CN)C(=O)N[C@H](C)c1cccc(Br)c1. The summed E-state index contributed by atoms with van der Waals surface area (Å²) in [4.78, 5) is 11.9. The summed E-state index contributed by atoms with van der Waals surface area (Å²) in [5, 5.41) is 2.99. The van der Waals surface area contributed by atoms with E-state index >= 15 is 0 Å². The molecule has 0 fully saturated rings. The maximum absolute atomic E-state index is 11.9. The second kappa shape index (κ2) is 6.77. The Morgan fingerprint density at radius 2 is 2.24 bits per heavy atom. The molecule has 1 unspecified atom stereocenters. The van der Waals surface area contributed by atoms with Crippen LogP contribution in [-0.2, 0) is 4.79 Å². The number of hydrogen-bond donors (Lipinski definition) is 2. The smallest absolute Gasteiger partial charge is 0.224 e. The van der Waals surface area contributed by atoms with Crippen molar-refractivity contribution in [1.82, 2.24) is 5.32 Å². The van der Waals surface area contributed by atoms with Crippen LogP contribution in [-0.4, -0.2) is 12.5 Å². The minimum Gasteiger partial charge on any atom is -0.349 e. The number of carbonyl (C=O) groups is 1. The molecule has 3 nitrogen and oxygen atoms in total. The van der Waals surface area contributed by atoms with Crippen LogP contribution >= 0.6 is 15.9 Å². The van der Waals surface area contributed by atoms with E-state index in [1.54, 1.807) is 0 Å². The molecule has 0 saturated heterocycles. The molecule has 0 bridgehead atoms. The predicted molar refractivity (Wildman–Crippen MR) is 73.5 cm³/mol. The van der Waals surface area contributed by atoms with Gasteiger partial charge in [0.2, 0.25) is 5.91 Å². The minimum atomic E-state index is -0.0930. The van der Waals surface area contributed by atoms with Gasteiger partial charge in [-0.25, -0.2) is 0 Å². The van der Waals surface area contributed by atoms with Crippen LogP contribution in [0.3, 0.4) is 0 Å². The van der Waals surface area contributed by atoms with Crippen LogP contribution in [0.4, 0.5) is 0 Å². The first-order valence-corrected chi connectivity index (χ1v) is 6.63. The Labute approximate surface area is 111 Å². The summed E-state index contributed by atoms with van der Waals surface area (Å²) in [6.07, 6.45) is 0.771. The van der Waals surface area contributed by atoms with E-state index < -0.39 is 0 Å². The number of rotatable bonds is 5. The van der Waals surface area contributed by atoms with Gasteiger partial charge in [-0.1, -0.05) is 35.0 Å². The Hall–Kier alpha value is -0.870. The van der Waals surface area contributed by atoms with E-state index in [0.29, 0.717) is 6.54 Å². The molecule has 0 saturated carbocycles. The van der Waals surface area contributed by atoms with E-state index in [4.69, 9.17) is 5.73 Å². The van der Waals surface area contributed by atoms with Crippen molar-refractivity contribution < 1.29 is 4.79 Å². The third-order valence-corrected chi connectivity index (χ3v) is 3.35. The maximum Gasteiger partial charge on any atom is 0.224 e. The van der Waals surface area contributed by atoms with Gasteiger partial charge in [0, 0.05) is 16.9 Å². The number of benzene rings is 1.